The second-order valence-electron chi connectivity index (χ2n) is 4.26. The van der Waals surface area contributed by atoms with Gasteiger partial charge in [0.25, 0.3) is 0 Å². The summed E-state index contributed by atoms with van der Waals surface area (Å²) in [6.45, 7) is 6.75. The van der Waals surface area contributed by atoms with Crippen LogP contribution in [0.2, 0.25) is 5.02 Å². The topological polar surface area (TPSA) is 36.4 Å². The number of rotatable bonds is 6. The zero-order chi connectivity index (χ0) is 13.7. The average Bonchev–Trinajstić information content (AvgIpc) is 2.39. The summed E-state index contributed by atoms with van der Waals surface area (Å²) in [5, 5.41) is 0.575. The molecular weight excluding hydrogens is 250 g/mol. The maximum Gasteiger partial charge on any atom is 0.215 e. The lowest BCUT2D eigenvalue weighted by atomic mass is 10.2. The van der Waals surface area contributed by atoms with Gasteiger partial charge in [-0.3, -0.25) is 9.69 Å². The zero-order valence-corrected chi connectivity index (χ0v) is 12.1. The monoisotopic (exact) mass is 269 g/mol. The molecule has 0 saturated heterocycles. The fraction of sp³-hybridized carbons (Fsp3) is 0.538. The van der Waals surface area contributed by atoms with Crippen molar-refractivity contribution in [3.63, 3.8) is 0 Å². The zero-order valence-electron chi connectivity index (χ0n) is 11.4. The van der Waals surface area contributed by atoms with Gasteiger partial charge in [0.05, 0.1) is 10.7 Å². The molecule has 1 heterocycles. The van der Waals surface area contributed by atoms with E-state index in [0.29, 0.717) is 23.4 Å². The molecule has 1 amide bonds. The van der Waals surface area contributed by atoms with Crippen LogP contribution in [0.5, 0.6) is 0 Å². The van der Waals surface area contributed by atoms with Crippen LogP contribution >= 0.6 is 11.6 Å². The number of halogens is 1. The maximum absolute atomic E-state index is 11.1. The molecule has 1 rings (SSSR count). The predicted molar refractivity (Wildman–Crippen MR) is 76.5 cm³/mol. The second-order valence-corrected chi connectivity index (χ2v) is 4.69. The Balaban J connectivity index is 3.22. The fourth-order valence-electron chi connectivity index (χ4n) is 1.69. The van der Waals surface area contributed by atoms with Crippen LogP contribution in [0.4, 0.5) is 11.5 Å². The number of carbonyl (C=O) groups excluding carboxylic acids is 1. The Bertz CT molecular complexity index is 411. The van der Waals surface area contributed by atoms with E-state index >= 15 is 0 Å². The molecule has 0 aromatic carbocycles. The second kappa shape index (κ2) is 6.59. The van der Waals surface area contributed by atoms with Crippen molar-refractivity contribution in [2.24, 2.45) is 0 Å². The van der Waals surface area contributed by atoms with E-state index in [0.717, 1.165) is 18.5 Å². The molecule has 18 heavy (non-hydrogen) atoms. The van der Waals surface area contributed by atoms with Crippen LogP contribution in [0.3, 0.4) is 0 Å². The average molecular weight is 270 g/mol. The van der Waals surface area contributed by atoms with E-state index < -0.39 is 0 Å². The quantitative estimate of drug-likeness (QED) is 0.745. The number of carbonyl (C=O) groups is 1. The smallest absolute Gasteiger partial charge is 0.215 e. The van der Waals surface area contributed by atoms with Gasteiger partial charge in [-0.15, -0.1) is 0 Å². The summed E-state index contributed by atoms with van der Waals surface area (Å²) in [6.07, 6.45) is 3.37. The summed E-state index contributed by atoms with van der Waals surface area (Å²) in [6, 6.07) is 2.21. The number of nitrogens with zero attached hydrogens (tertiary/aromatic N) is 3. The van der Waals surface area contributed by atoms with Crippen LogP contribution < -0.4 is 9.80 Å². The minimum Gasteiger partial charge on any atom is -0.369 e. The highest BCUT2D eigenvalue weighted by Crippen LogP contribution is 2.30. The Hall–Kier alpha value is -1.29. The number of amides is 1. The third-order valence-electron chi connectivity index (χ3n) is 3.19. The third-order valence-corrected chi connectivity index (χ3v) is 3.39. The highest BCUT2D eigenvalue weighted by Gasteiger charge is 2.17. The normalized spacial score (nSPS) is 12.1. The molecule has 1 atom stereocenters. The summed E-state index contributed by atoms with van der Waals surface area (Å²) in [5.41, 5.74) is 0.880. The van der Waals surface area contributed by atoms with E-state index in [1.165, 1.54) is 0 Å². The number of hydrogen-bond acceptors (Lipinski definition) is 3. The molecule has 0 aliphatic carbocycles. The first-order valence-corrected chi connectivity index (χ1v) is 6.53. The largest absolute Gasteiger partial charge is 0.369 e. The number of pyridine rings is 1. The first kappa shape index (κ1) is 14.8. The van der Waals surface area contributed by atoms with Gasteiger partial charge in [0.2, 0.25) is 6.41 Å². The molecule has 0 aliphatic heterocycles. The summed E-state index contributed by atoms with van der Waals surface area (Å²) in [4.78, 5) is 19.0. The van der Waals surface area contributed by atoms with Crippen LogP contribution in [0.15, 0.2) is 12.3 Å². The van der Waals surface area contributed by atoms with Gasteiger partial charge in [-0.05, 0) is 26.3 Å². The molecule has 0 saturated carbocycles. The summed E-state index contributed by atoms with van der Waals surface area (Å²) < 4.78 is 0. The van der Waals surface area contributed by atoms with Crippen molar-refractivity contribution in [2.45, 2.75) is 33.2 Å². The van der Waals surface area contributed by atoms with Gasteiger partial charge in [-0.1, -0.05) is 18.5 Å². The van der Waals surface area contributed by atoms with Gasteiger partial charge in [0.15, 0.2) is 5.82 Å². The molecule has 100 valence electrons. The Labute approximate surface area is 114 Å². The van der Waals surface area contributed by atoms with E-state index in [1.807, 2.05) is 20.0 Å². The molecule has 0 N–H and O–H groups in total. The van der Waals surface area contributed by atoms with Crippen molar-refractivity contribution in [1.82, 2.24) is 4.98 Å². The van der Waals surface area contributed by atoms with Crippen molar-refractivity contribution in [3.05, 3.63) is 17.3 Å². The molecular formula is C13H20ClN3O. The molecule has 4 nitrogen and oxygen atoms in total. The van der Waals surface area contributed by atoms with Crippen molar-refractivity contribution >= 4 is 29.5 Å². The van der Waals surface area contributed by atoms with Crippen molar-refractivity contribution < 1.29 is 4.79 Å². The Morgan fingerprint density at radius 1 is 1.50 bits per heavy atom. The highest BCUT2D eigenvalue weighted by molar-refractivity contribution is 6.30. The van der Waals surface area contributed by atoms with Crippen molar-refractivity contribution in [2.75, 3.05) is 23.4 Å². The lowest BCUT2D eigenvalue weighted by molar-refractivity contribution is -0.107. The van der Waals surface area contributed by atoms with E-state index in [2.05, 4.69) is 23.7 Å². The van der Waals surface area contributed by atoms with E-state index in [-0.39, 0.29) is 0 Å². The van der Waals surface area contributed by atoms with Crippen molar-refractivity contribution in [3.8, 4) is 0 Å². The maximum atomic E-state index is 11.1. The van der Waals surface area contributed by atoms with Crippen LogP contribution in [0.1, 0.15) is 27.2 Å². The summed E-state index contributed by atoms with van der Waals surface area (Å²) in [5.74, 6) is 0.653. The van der Waals surface area contributed by atoms with E-state index in [9.17, 15) is 4.79 Å². The number of aromatic nitrogens is 1. The van der Waals surface area contributed by atoms with E-state index in [1.54, 1.807) is 11.1 Å². The van der Waals surface area contributed by atoms with Gasteiger partial charge < -0.3 is 4.90 Å². The number of hydrogen-bond donors (Lipinski definition) is 0. The Morgan fingerprint density at radius 3 is 2.67 bits per heavy atom. The van der Waals surface area contributed by atoms with E-state index in [4.69, 9.17) is 11.6 Å². The minimum atomic E-state index is 0.356. The predicted octanol–water partition coefficient (Wildman–Crippen LogP) is 2.95. The minimum absolute atomic E-state index is 0.356. The standard InChI is InChI=1S/C13H20ClN3O/c1-5-10(3)16(4)12-7-11(14)8-15-13(12)17(6-2)9-18/h7-10H,5-6H2,1-4H3. The fourth-order valence-corrected chi connectivity index (χ4v) is 1.84. The molecule has 0 fully saturated rings. The van der Waals surface area contributed by atoms with Gasteiger partial charge in [-0.2, -0.15) is 0 Å². The first-order chi connectivity index (χ1) is 8.54. The SMILES string of the molecule is CCC(C)N(C)c1cc(Cl)cnc1N(C=O)CC. The molecule has 1 aromatic heterocycles. The Kier molecular flexibility index (Phi) is 5.41. The van der Waals surface area contributed by atoms with Gasteiger partial charge in [-0.25, -0.2) is 4.98 Å². The number of anilines is 2. The van der Waals surface area contributed by atoms with Crippen LogP contribution in [0.25, 0.3) is 0 Å². The van der Waals surface area contributed by atoms with Gasteiger partial charge in [0.1, 0.15) is 0 Å². The van der Waals surface area contributed by atoms with Gasteiger partial charge in [0, 0.05) is 25.8 Å². The van der Waals surface area contributed by atoms with Crippen LogP contribution in [-0.4, -0.2) is 31.0 Å². The van der Waals surface area contributed by atoms with Gasteiger partial charge >= 0.3 is 0 Å². The molecule has 5 heteroatoms. The molecule has 1 aromatic rings. The third kappa shape index (κ3) is 3.13. The Morgan fingerprint density at radius 2 is 2.17 bits per heavy atom. The molecule has 1 unspecified atom stereocenters. The van der Waals surface area contributed by atoms with Crippen LogP contribution in [0, 0.1) is 0 Å². The molecule has 0 radical (unpaired) electrons. The molecule has 0 bridgehead atoms. The molecule has 0 spiro atoms. The molecule has 0 aliphatic rings. The van der Waals surface area contributed by atoms with Crippen molar-refractivity contribution in [1.29, 1.82) is 0 Å². The summed E-state index contributed by atoms with van der Waals surface area (Å²) in [7, 11) is 1.99. The van der Waals surface area contributed by atoms with Crippen LogP contribution in [-0.2, 0) is 4.79 Å². The summed E-state index contributed by atoms with van der Waals surface area (Å²) >= 11 is 6.00. The lowest BCUT2D eigenvalue weighted by Crippen LogP contribution is -2.31. The highest BCUT2D eigenvalue weighted by atomic mass is 35.5. The lowest BCUT2D eigenvalue weighted by Gasteiger charge is -2.29. The first-order valence-electron chi connectivity index (χ1n) is 6.15.